The third-order valence-electron chi connectivity index (χ3n) is 2.93. The van der Waals surface area contributed by atoms with Gasteiger partial charge in [0, 0.05) is 11.8 Å². The van der Waals surface area contributed by atoms with Crippen molar-refractivity contribution in [3.05, 3.63) is 60.2 Å². The molecular formula is C17H18N2O. The Labute approximate surface area is 119 Å². The van der Waals surface area contributed by atoms with Crippen LogP contribution in [0.15, 0.2) is 59.7 Å². The second-order valence-electron chi connectivity index (χ2n) is 4.48. The molecule has 0 spiro atoms. The molecule has 1 N–H and O–H groups in total. The highest BCUT2D eigenvalue weighted by Gasteiger charge is 2.04. The molecule has 2 aromatic carbocycles. The first kappa shape index (κ1) is 14.0. The standard InChI is InChI=1S/C17H18N2O/c1-2-3-13-18-19-17(20)16-11-9-15(10-12-16)14-7-5-4-6-8-14/h4-13H,2-3H2,1H3,(H,19,20)/b18-13-. The predicted octanol–water partition coefficient (Wildman–Crippen LogP) is 3.87. The van der Waals surface area contributed by atoms with Gasteiger partial charge in [-0.1, -0.05) is 55.8 Å². The van der Waals surface area contributed by atoms with E-state index in [1.807, 2.05) is 54.6 Å². The lowest BCUT2D eigenvalue weighted by Gasteiger charge is -2.03. The van der Waals surface area contributed by atoms with Crippen LogP contribution in [0.1, 0.15) is 30.1 Å². The van der Waals surface area contributed by atoms with Gasteiger partial charge in [-0.2, -0.15) is 5.10 Å². The van der Waals surface area contributed by atoms with Crippen molar-refractivity contribution in [2.75, 3.05) is 0 Å². The van der Waals surface area contributed by atoms with Gasteiger partial charge in [-0.15, -0.1) is 0 Å². The number of benzene rings is 2. The summed E-state index contributed by atoms with van der Waals surface area (Å²) >= 11 is 0. The van der Waals surface area contributed by atoms with E-state index >= 15 is 0 Å². The average Bonchev–Trinajstić information content (AvgIpc) is 2.52. The first-order valence-electron chi connectivity index (χ1n) is 6.78. The molecule has 0 radical (unpaired) electrons. The number of rotatable bonds is 5. The quantitative estimate of drug-likeness (QED) is 0.647. The van der Waals surface area contributed by atoms with Gasteiger partial charge in [0.05, 0.1) is 0 Å². The molecule has 0 atom stereocenters. The zero-order chi connectivity index (χ0) is 14.2. The van der Waals surface area contributed by atoms with Crippen molar-refractivity contribution >= 4 is 12.1 Å². The fourth-order valence-corrected chi connectivity index (χ4v) is 1.81. The third kappa shape index (κ3) is 3.79. The van der Waals surface area contributed by atoms with Crippen molar-refractivity contribution in [3.63, 3.8) is 0 Å². The van der Waals surface area contributed by atoms with Crippen LogP contribution < -0.4 is 5.43 Å². The molecular weight excluding hydrogens is 248 g/mol. The summed E-state index contributed by atoms with van der Waals surface area (Å²) in [5.41, 5.74) is 5.37. The molecule has 0 saturated carbocycles. The summed E-state index contributed by atoms with van der Waals surface area (Å²) in [5, 5.41) is 3.89. The Morgan fingerprint density at radius 3 is 2.35 bits per heavy atom. The summed E-state index contributed by atoms with van der Waals surface area (Å²) in [7, 11) is 0. The normalized spacial score (nSPS) is 10.7. The number of hydrazone groups is 1. The predicted molar refractivity (Wildman–Crippen MR) is 82.7 cm³/mol. The summed E-state index contributed by atoms with van der Waals surface area (Å²) in [5.74, 6) is -0.183. The van der Waals surface area contributed by atoms with E-state index in [0.29, 0.717) is 5.56 Å². The molecule has 102 valence electrons. The van der Waals surface area contributed by atoms with Gasteiger partial charge < -0.3 is 0 Å². The van der Waals surface area contributed by atoms with Crippen molar-refractivity contribution in [2.45, 2.75) is 19.8 Å². The minimum atomic E-state index is -0.183. The second kappa shape index (κ2) is 7.24. The Bertz CT molecular complexity index is 574. The summed E-state index contributed by atoms with van der Waals surface area (Å²) in [4.78, 5) is 11.8. The van der Waals surface area contributed by atoms with Crippen LogP contribution in [0, 0.1) is 0 Å². The number of nitrogens with zero attached hydrogens (tertiary/aromatic N) is 1. The summed E-state index contributed by atoms with van der Waals surface area (Å²) in [6.45, 7) is 2.07. The van der Waals surface area contributed by atoms with E-state index in [-0.39, 0.29) is 5.91 Å². The number of hydrogen-bond acceptors (Lipinski definition) is 2. The molecule has 0 aromatic heterocycles. The average molecular weight is 266 g/mol. The summed E-state index contributed by atoms with van der Waals surface area (Å²) < 4.78 is 0. The number of carbonyl (C=O) groups is 1. The van der Waals surface area contributed by atoms with E-state index in [0.717, 1.165) is 24.0 Å². The molecule has 20 heavy (non-hydrogen) atoms. The molecule has 1 amide bonds. The maximum absolute atomic E-state index is 11.8. The van der Waals surface area contributed by atoms with Crippen molar-refractivity contribution in [3.8, 4) is 11.1 Å². The van der Waals surface area contributed by atoms with Crippen LogP contribution in [0.3, 0.4) is 0 Å². The number of amides is 1. The van der Waals surface area contributed by atoms with Crippen molar-refractivity contribution < 1.29 is 4.79 Å². The molecule has 3 nitrogen and oxygen atoms in total. The highest BCUT2D eigenvalue weighted by atomic mass is 16.2. The van der Waals surface area contributed by atoms with Crippen molar-refractivity contribution in [1.29, 1.82) is 0 Å². The molecule has 2 aromatic rings. The van der Waals surface area contributed by atoms with Crippen LogP contribution in [0.25, 0.3) is 11.1 Å². The monoisotopic (exact) mass is 266 g/mol. The molecule has 0 aliphatic rings. The summed E-state index contributed by atoms with van der Waals surface area (Å²) in [6.07, 6.45) is 3.61. The van der Waals surface area contributed by atoms with E-state index in [1.54, 1.807) is 6.21 Å². The van der Waals surface area contributed by atoms with E-state index in [9.17, 15) is 4.79 Å². The summed E-state index contributed by atoms with van der Waals surface area (Å²) in [6, 6.07) is 17.6. The lowest BCUT2D eigenvalue weighted by Crippen LogP contribution is -2.17. The van der Waals surface area contributed by atoms with E-state index in [1.165, 1.54) is 0 Å². The van der Waals surface area contributed by atoms with E-state index in [2.05, 4.69) is 17.5 Å². The van der Waals surface area contributed by atoms with Crippen molar-refractivity contribution in [2.24, 2.45) is 5.10 Å². The Morgan fingerprint density at radius 1 is 1.05 bits per heavy atom. The van der Waals surface area contributed by atoms with Gasteiger partial charge in [-0.3, -0.25) is 4.79 Å². The minimum absolute atomic E-state index is 0.183. The molecule has 3 heteroatoms. The maximum atomic E-state index is 11.8. The largest absolute Gasteiger partial charge is 0.271 e. The van der Waals surface area contributed by atoms with Crippen LogP contribution in [0.5, 0.6) is 0 Å². The van der Waals surface area contributed by atoms with Gasteiger partial charge >= 0.3 is 0 Å². The fraction of sp³-hybridized carbons (Fsp3) is 0.176. The van der Waals surface area contributed by atoms with Crippen molar-refractivity contribution in [1.82, 2.24) is 5.43 Å². The SMILES string of the molecule is CCC/C=N\NC(=O)c1ccc(-c2ccccc2)cc1. The molecule has 0 saturated heterocycles. The highest BCUT2D eigenvalue weighted by Crippen LogP contribution is 2.19. The first-order valence-corrected chi connectivity index (χ1v) is 6.78. The van der Waals surface area contributed by atoms with Gasteiger partial charge in [-0.25, -0.2) is 5.43 Å². The smallest absolute Gasteiger partial charge is 0.267 e. The van der Waals surface area contributed by atoms with Gasteiger partial charge in [-0.05, 0) is 29.7 Å². The Kier molecular flexibility index (Phi) is 5.07. The van der Waals surface area contributed by atoms with E-state index < -0.39 is 0 Å². The zero-order valence-corrected chi connectivity index (χ0v) is 11.5. The van der Waals surface area contributed by atoms with Gasteiger partial charge in [0.2, 0.25) is 0 Å². The number of nitrogens with one attached hydrogen (secondary N) is 1. The molecule has 0 unspecified atom stereocenters. The van der Waals surface area contributed by atoms with Gasteiger partial charge in [0.1, 0.15) is 0 Å². The Balaban J connectivity index is 2.03. The lowest BCUT2D eigenvalue weighted by atomic mass is 10.0. The van der Waals surface area contributed by atoms with Crippen LogP contribution in [-0.4, -0.2) is 12.1 Å². The first-order chi connectivity index (χ1) is 9.81. The molecule has 2 rings (SSSR count). The molecule has 0 bridgehead atoms. The number of hydrogen-bond donors (Lipinski definition) is 1. The van der Waals surface area contributed by atoms with E-state index in [4.69, 9.17) is 0 Å². The molecule has 0 aliphatic heterocycles. The van der Waals surface area contributed by atoms with Gasteiger partial charge in [0.25, 0.3) is 5.91 Å². The van der Waals surface area contributed by atoms with Crippen LogP contribution in [-0.2, 0) is 0 Å². The number of unbranched alkanes of at least 4 members (excludes halogenated alkanes) is 1. The fourth-order valence-electron chi connectivity index (χ4n) is 1.81. The van der Waals surface area contributed by atoms with Crippen LogP contribution in [0.4, 0.5) is 0 Å². The molecule has 0 fully saturated rings. The second-order valence-corrected chi connectivity index (χ2v) is 4.48. The zero-order valence-electron chi connectivity index (χ0n) is 11.5. The Morgan fingerprint density at radius 2 is 1.70 bits per heavy atom. The van der Waals surface area contributed by atoms with Crippen LogP contribution >= 0.6 is 0 Å². The molecule has 0 heterocycles. The maximum Gasteiger partial charge on any atom is 0.271 e. The van der Waals surface area contributed by atoms with Crippen LogP contribution in [0.2, 0.25) is 0 Å². The lowest BCUT2D eigenvalue weighted by molar-refractivity contribution is 0.0955. The number of carbonyl (C=O) groups excluding carboxylic acids is 1. The third-order valence-corrected chi connectivity index (χ3v) is 2.93. The minimum Gasteiger partial charge on any atom is -0.267 e. The molecule has 0 aliphatic carbocycles. The highest BCUT2D eigenvalue weighted by molar-refractivity contribution is 5.94. The topological polar surface area (TPSA) is 41.5 Å². The van der Waals surface area contributed by atoms with Gasteiger partial charge in [0.15, 0.2) is 0 Å². The Hall–Kier alpha value is -2.42.